The van der Waals surface area contributed by atoms with Crippen LogP contribution in [-0.4, -0.2) is 23.8 Å². The van der Waals surface area contributed by atoms with E-state index in [-0.39, 0.29) is 0 Å². The van der Waals surface area contributed by atoms with Gasteiger partial charge in [-0.1, -0.05) is 19.4 Å². The maximum Gasteiger partial charge on any atom is 0.231 e. The highest BCUT2D eigenvalue weighted by Crippen LogP contribution is 2.35. The number of rotatable bonds is 5. The van der Waals surface area contributed by atoms with E-state index in [9.17, 15) is 0 Å². The third kappa shape index (κ3) is 2.91. The number of nitrogens with one attached hydrogen (secondary N) is 1. The van der Waals surface area contributed by atoms with Crippen molar-refractivity contribution in [2.75, 3.05) is 12.5 Å². The summed E-state index contributed by atoms with van der Waals surface area (Å²) in [7, 11) is 0. The zero-order valence-electron chi connectivity index (χ0n) is 12.2. The zero-order chi connectivity index (χ0) is 13.9. The number of benzene rings is 1. The van der Waals surface area contributed by atoms with Crippen molar-refractivity contribution >= 4 is 11.8 Å². The Balaban J connectivity index is 1.65. The van der Waals surface area contributed by atoms with Gasteiger partial charge in [-0.05, 0) is 43.2 Å². The molecule has 0 spiro atoms. The van der Waals surface area contributed by atoms with Gasteiger partial charge in [-0.15, -0.1) is 0 Å². The summed E-state index contributed by atoms with van der Waals surface area (Å²) in [4.78, 5) is 0. The van der Waals surface area contributed by atoms with Crippen LogP contribution in [-0.2, 0) is 0 Å². The first-order valence-electron chi connectivity index (χ1n) is 7.55. The molecular weight excluding hydrogens is 270 g/mol. The zero-order valence-corrected chi connectivity index (χ0v) is 13.0. The van der Waals surface area contributed by atoms with Gasteiger partial charge in [-0.2, -0.15) is 11.8 Å². The first-order valence-corrected chi connectivity index (χ1v) is 8.60. The van der Waals surface area contributed by atoms with Gasteiger partial charge in [0, 0.05) is 17.3 Å². The highest BCUT2D eigenvalue weighted by Gasteiger charge is 2.28. The molecule has 1 heterocycles. The Morgan fingerprint density at radius 1 is 1.30 bits per heavy atom. The number of thioether (sulfide) groups is 1. The number of fused-ring (bicyclic) bond motifs is 1. The van der Waals surface area contributed by atoms with E-state index in [1.807, 2.05) is 6.07 Å². The standard InChI is InChI=1S/C16H23NO2S/c1-3-20-16-6-4-5-13(16)17-11(2)12-7-8-14-15(9-12)19-10-18-14/h7-9,11,13,16-17H,3-6,10H2,1-2H3. The van der Waals surface area contributed by atoms with E-state index in [2.05, 4.69) is 43.1 Å². The summed E-state index contributed by atoms with van der Waals surface area (Å²) in [6.07, 6.45) is 4.00. The van der Waals surface area contributed by atoms with E-state index in [4.69, 9.17) is 9.47 Å². The average Bonchev–Trinajstić information content (AvgIpc) is 3.07. The van der Waals surface area contributed by atoms with Crippen LogP contribution in [0.1, 0.15) is 44.7 Å². The van der Waals surface area contributed by atoms with Crippen LogP contribution in [0.3, 0.4) is 0 Å². The van der Waals surface area contributed by atoms with Gasteiger partial charge in [0.25, 0.3) is 0 Å². The molecule has 3 atom stereocenters. The van der Waals surface area contributed by atoms with Crippen LogP contribution in [0.15, 0.2) is 18.2 Å². The van der Waals surface area contributed by atoms with Gasteiger partial charge in [-0.25, -0.2) is 0 Å². The summed E-state index contributed by atoms with van der Waals surface area (Å²) >= 11 is 2.10. The van der Waals surface area contributed by atoms with Gasteiger partial charge < -0.3 is 14.8 Å². The maximum absolute atomic E-state index is 5.46. The van der Waals surface area contributed by atoms with Crippen molar-refractivity contribution in [3.63, 3.8) is 0 Å². The Kier molecular flexibility index (Phi) is 4.41. The van der Waals surface area contributed by atoms with E-state index >= 15 is 0 Å². The number of ether oxygens (including phenoxy) is 2. The van der Waals surface area contributed by atoms with Crippen LogP contribution >= 0.6 is 11.8 Å². The lowest BCUT2D eigenvalue weighted by Gasteiger charge is -2.25. The Bertz CT molecular complexity index is 466. The van der Waals surface area contributed by atoms with Crippen molar-refractivity contribution in [3.05, 3.63) is 23.8 Å². The largest absolute Gasteiger partial charge is 0.454 e. The van der Waals surface area contributed by atoms with Crippen molar-refractivity contribution in [1.82, 2.24) is 5.32 Å². The molecule has 0 radical (unpaired) electrons. The Labute approximate surface area is 125 Å². The van der Waals surface area contributed by atoms with Gasteiger partial charge >= 0.3 is 0 Å². The molecule has 20 heavy (non-hydrogen) atoms. The lowest BCUT2D eigenvalue weighted by atomic mass is 10.1. The second kappa shape index (κ2) is 6.27. The van der Waals surface area contributed by atoms with Gasteiger partial charge in [0.15, 0.2) is 11.5 Å². The topological polar surface area (TPSA) is 30.5 Å². The fourth-order valence-corrected chi connectivity index (χ4v) is 4.34. The second-order valence-electron chi connectivity index (χ2n) is 5.53. The molecule has 1 aliphatic heterocycles. The SMILES string of the molecule is CCSC1CCCC1NC(C)c1ccc2c(c1)OCO2. The molecule has 1 aliphatic carbocycles. The van der Waals surface area contributed by atoms with E-state index < -0.39 is 0 Å². The molecule has 1 fully saturated rings. The second-order valence-corrected chi connectivity index (χ2v) is 7.05. The molecule has 0 bridgehead atoms. The summed E-state index contributed by atoms with van der Waals surface area (Å²) < 4.78 is 10.8. The van der Waals surface area contributed by atoms with E-state index in [0.29, 0.717) is 18.9 Å². The molecule has 110 valence electrons. The Morgan fingerprint density at radius 2 is 2.15 bits per heavy atom. The molecule has 0 aromatic heterocycles. The third-order valence-corrected chi connectivity index (χ3v) is 5.52. The monoisotopic (exact) mass is 293 g/mol. The molecule has 0 saturated heterocycles. The van der Waals surface area contributed by atoms with Crippen molar-refractivity contribution in [2.24, 2.45) is 0 Å². The fourth-order valence-electron chi connectivity index (χ4n) is 3.13. The fraction of sp³-hybridized carbons (Fsp3) is 0.625. The minimum absolute atomic E-state index is 0.346. The minimum atomic E-state index is 0.346. The van der Waals surface area contributed by atoms with Crippen LogP contribution in [0.25, 0.3) is 0 Å². The first kappa shape index (κ1) is 14.1. The van der Waals surface area contributed by atoms with Gasteiger partial charge in [0.2, 0.25) is 6.79 Å². The van der Waals surface area contributed by atoms with Gasteiger partial charge in [0.05, 0.1) is 0 Å². The van der Waals surface area contributed by atoms with Crippen LogP contribution in [0.4, 0.5) is 0 Å². The van der Waals surface area contributed by atoms with Crippen LogP contribution < -0.4 is 14.8 Å². The smallest absolute Gasteiger partial charge is 0.231 e. The molecule has 1 aromatic rings. The van der Waals surface area contributed by atoms with Crippen LogP contribution in [0.2, 0.25) is 0 Å². The predicted molar refractivity (Wildman–Crippen MR) is 83.7 cm³/mol. The predicted octanol–water partition coefficient (Wildman–Crippen LogP) is 3.74. The van der Waals surface area contributed by atoms with Crippen molar-refractivity contribution in [3.8, 4) is 11.5 Å². The molecule has 4 heteroatoms. The molecule has 1 N–H and O–H groups in total. The highest BCUT2D eigenvalue weighted by atomic mass is 32.2. The molecule has 3 unspecified atom stereocenters. The minimum Gasteiger partial charge on any atom is -0.454 e. The quantitative estimate of drug-likeness (QED) is 0.896. The lowest BCUT2D eigenvalue weighted by molar-refractivity contribution is 0.174. The van der Waals surface area contributed by atoms with E-state index in [1.165, 1.54) is 30.6 Å². The summed E-state index contributed by atoms with van der Waals surface area (Å²) in [6, 6.07) is 7.26. The van der Waals surface area contributed by atoms with E-state index in [1.54, 1.807) is 0 Å². The van der Waals surface area contributed by atoms with Crippen molar-refractivity contribution in [1.29, 1.82) is 0 Å². The highest BCUT2D eigenvalue weighted by molar-refractivity contribution is 7.99. The third-order valence-electron chi connectivity index (χ3n) is 4.19. The van der Waals surface area contributed by atoms with Crippen molar-refractivity contribution in [2.45, 2.75) is 50.4 Å². The maximum atomic E-state index is 5.46. The number of hydrogen-bond acceptors (Lipinski definition) is 4. The normalized spacial score (nSPS) is 25.9. The summed E-state index contributed by atoms with van der Waals surface area (Å²) in [5, 5.41) is 4.58. The average molecular weight is 293 g/mol. The van der Waals surface area contributed by atoms with Gasteiger partial charge in [-0.3, -0.25) is 0 Å². The summed E-state index contributed by atoms with van der Waals surface area (Å²) in [5.41, 5.74) is 1.28. The first-order chi connectivity index (χ1) is 9.78. The summed E-state index contributed by atoms with van der Waals surface area (Å²) in [6.45, 7) is 4.84. The van der Waals surface area contributed by atoms with Crippen molar-refractivity contribution < 1.29 is 9.47 Å². The van der Waals surface area contributed by atoms with Gasteiger partial charge in [0.1, 0.15) is 0 Å². The molecule has 1 aromatic carbocycles. The Hall–Kier alpha value is -0.870. The van der Waals surface area contributed by atoms with Crippen LogP contribution in [0, 0.1) is 0 Å². The molecule has 3 rings (SSSR count). The summed E-state index contributed by atoms with van der Waals surface area (Å²) in [5.74, 6) is 2.95. The molecule has 0 amide bonds. The van der Waals surface area contributed by atoms with Crippen LogP contribution in [0.5, 0.6) is 11.5 Å². The molecule has 1 saturated carbocycles. The molecule has 3 nitrogen and oxygen atoms in total. The Morgan fingerprint density at radius 3 is 3.00 bits per heavy atom. The molecular formula is C16H23NO2S. The van der Waals surface area contributed by atoms with E-state index in [0.717, 1.165) is 16.7 Å². The number of hydrogen-bond donors (Lipinski definition) is 1. The lowest BCUT2D eigenvalue weighted by Crippen LogP contribution is -2.36. The molecule has 2 aliphatic rings.